The van der Waals surface area contributed by atoms with E-state index in [-0.39, 0.29) is 6.23 Å². The summed E-state index contributed by atoms with van der Waals surface area (Å²) in [5, 5.41) is 5.87. The van der Waals surface area contributed by atoms with Crippen molar-refractivity contribution >= 4 is 16.7 Å². The first-order valence-electron chi connectivity index (χ1n) is 9.25. The molecule has 2 aromatic rings. The Bertz CT molecular complexity index is 758. The molecule has 1 aliphatic carbocycles. The van der Waals surface area contributed by atoms with Crippen molar-refractivity contribution in [1.82, 2.24) is 9.78 Å². The minimum atomic E-state index is 0.0530. The molecule has 0 amide bonds. The van der Waals surface area contributed by atoms with Crippen molar-refractivity contribution < 1.29 is 9.53 Å². The third-order valence-corrected chi connectivity index (χ3v) is 5.85. The summed E-state index contributed by atoms with van der Waals surface area (Å²) in [4.78, 5) is 12.1. The molecule has 128 valence electrons. The number of Topliss-reactive ketones (excluding diaryl/α,β-unsaturated/α-hetero) is 1. The fourth-order valence-corrected chi connectivity index (χ4v) is 4.41. The Kier molecular flexibility index (Phi) is 4.17. The molecule has 2 aliphatic rings. The Hall–Kier alpha value is -1.68. The Labute approximate surface area is 143 Å². The lowest BCUT2D eigenvalue weighted by atomic mass is 9.74. The van der Waals surface area contributed by atoms with Crippen LogP contribution in [0.1, 0.15) is 68.7 Å². The first-order valence-corrected chi connectivity index (χ1v) is 9.25. The molecular weight excluding hydrogens is 300 g/mol. The van der Waals surface area contributed by atoms with E-state index in [4.69, 9.17) is 4.74 Å². The molecule has 1 saturated heterocycles. The zero-order valence-electron chi connectivity index (χ0n) is 14.6. The summed E-state index contributed by atoms with van der Waals surface area (Å²) in [6.07, 6.45) is 7.81. The summed E-state index contributed by atoms with van der Waals surface area (Å²) < 4.78 is 7.98. The number of nitrogens with zero attached hydrogens (tertiary/aromatic N) is 2. The average molecular weight is 326 g/mol. The lowest BCUT2D eigenvalue weighted by Gasteiger charge is -2.30. The van der Waals surface area contributed by atoms with Gasteiger partial charge in [0, 0.05) is 24.8 Å². The van der Waals surface area contributed by atoms with Crippen LogP contribution in [0.3, 0.4) is 0 Å². The fourth-order valence-electron chi connectivity index (χ4n) is 4.41. The van der Waals surface area contributed by atoms with Crippen LogP contribution >= 0.6 is 0 Å². The number of aryl methyl sites for hydroxylation is 1. The Morgan fingerprint density at radius 1 is 1.25 bits per heavy atom. The van der Waals surface area contributed by atoms with E-state index in [1.807, 2.05) is 10.9 Å². The van der Waals surface area contributed by atoms with Crippen molar-refractivity contribution in [2.24, 2.45) is 5.92 Å². The highest BCUT2D eigenvalue weighted by Crippen LogP contribution is 2.41. The number of benzene rings is 1. The zero-order valence-corrected chi connectivity index (χ0v) is 14.6. The van der Waals surface area contributed by atoms with Crippen molar-refractivity contribution in [2.45, 2.75) is 64.5 Å². The fraction of sp³-hybridized carbons (Fsp3) is 0.600. The van der Waals surface area contributed by atoms with E-state index >= 15 is 0 Å². The largest absolute Gasteiger partial charge is 0.356 e. The second-order valence-corrected chi connectivity index (χ2v) is 7.50. The number of aromatic nitrogens is 2. The van der Waals surface area contributed by atoms with Gasteiger partial charge in [0.25, 0.3) is 0 Å². The molecule has 1 unspecified atom stereocenters. The van der Waals surface area contributed by atoms with Gasteiger partial charge in [-0.2, -0.15) is 5.10 Å². The Morgan fingerprint density at radius 2 is 2.12 bits per heavy atom. The monoisotopic (exact) mass is 326 g/mol. The molecule has 1 aromatic heterocycles. The van der Waals surface area contributed by atoms with Crippen molar-refractivity contribution in [2.75, 3.05) is 6.61 Å². The van der Waals surface area contributed by atoms with Gasteiger partial charge in [-0.05, 0) is 61.6 Å². The second-order valence-electron chi connectivity index (χ2n) is 7.50. The van der Waals surface area contributed by atoms with Crippen LogP contribution in [0.2, 0.25) is 0 Å². The molecule has 2 heterocycles. The molecule has 0 radical (unpaired) electrons. The van der Waals surface area contributed by atoms with E-state index in [0.29, 0.717) is 24.0 Å². The first-order chi connectivity index (χ1) is 11.6. The molecule has 24 heavy (non-hydrogen) atoms. The molecule has 0 spiro atoms. The van der Waals surface area contributed by atoms with Gasteiger partial charge in [-0.25, -0.2) is 4.68 Å². The summed E-state index contributed by atoms with van der Waals surface area (Å²) in [6.45, 7) is 5.26. The molecule has 4 heteroatoms. The van der Waals surface area contributed by atoms with Gasteiger partial charge in [-0.1, -0.05) is 13.0 Å². The van der Waals surface area contributed by atoms with E-state index in [1.165, 1.54) is 22.9 Å². The number of ketones is 1. The highest BCUT2D eigenvalue weighted by atomic mass is 16.5. The van der Waals surface area contributed by atoms with Gasteiger partial charge in [0.1, 0.15) is 5.78 Å². The first kappa shape index (κ1) is 15.8. The summed E-state index contributed by atoms with van der Waals surface area (Å²) >= 11 is 0. The van der Waals surface area contributed by atoms with E-state index < -0.39 is 0 Å². The number of fused-ring (bicyclic) bond motifs is 1. The highest BCUT2D eigenvalue weighted by molar-refractivity contribution is 5.86. The number of ether oxygens (including phenoxy) is 1. The summed E-state index contributed by atoms with van der Waals surface area (Å²) in [5.41, 5.74) is 3.75. The summed E-state index contributed by atoms with van der Waals surface area (Å²) in [7, 11) is 0. The number of carbonyl (C=O) groups is 1. The molecule has 4 nitrogen and oxygen atoms in total. The highest BCUT2D eigenvalue weighted by Gasteiger charge is 2.30. The van der Waals surface area contributed by atoms with Gasteiger partial charge in [0.2, 0.25) is 0 Å². The summed E-state index contributed by atoms with van der Waals surface area (Å²) in [5.74, 6) is 1.26. The van der Waals surface area contributed by atoms with E-state index in [9.17, 15) is 4.79 Å². The standard InChI is InChI=1S/C20H26N2O2/c1-13-6-8-15(23)11-16(13)20-14(2)7-9-18-17(20)12-21-22(18)19-5-3-4-10-24-19/h7,9,12-13,16,19H,3-6,8,10-11H2,1-2H3/t13-,16-,19?/m1/s1. The van der Waals surface area contributed by atoms with Gasteiger partial charge < -0.3 is 4.74 Å². The second kappa shape index (κ2) is 6.32. The topological polar surface area (TPSA) is 44.1 Å². The maximum atomic E-state index is 12.1. The number of rotatable bonds is 2. The average Bonchev–Trinajstić information content (AvgIpc) is 3.02. The predicted molar refractivity (Wildman–Crippen MR) is 94.1 cm³/mol. The molecule has 2 fully saturated rings. The van der Waals surface area contributed by atoms with Gasteiger partial charge in [-0.15, -0.1) is 0 Å². The van der Waals surface area contributed by atoms with Crippen LogP contribution in [-0.4, -0.2) is 22.2 Å². The van der Waals surface area contributed by atoms with Crippen LogP contribution in [0, 0.1) is 12.8 Å². The lowest BCUT2D eigenvalue weighted by Crippen LogP contribution is -2.22. The smallest absolute Gasteiger partial charge is 0.150 e. The van der Waals surface area contributed by atoms with Gasteiger partial charge in [-0.3, -0.25) is 4.79 Å². The van der Waals surface area contributed by atoms with Crippen molar-refractivity contribution in [3.63, 3.8) is 0 Å². The Morgan fingerprint density at radius 3 is 2.92 bits per heavy atom. The third-order valence-electron chi connectivity index (χ3n) is 5.85. The predicted octanol–water partition coefficient (Wildman–Crippen LogP) is 4.52. The van der Waals surface area contributed by atoms with Crippen molar-refractivity contribution in [1.29, 1.82) is 0 Å². The molecule has 4 rings (SSSR count). The van der Waals surface area contributed by atoms with Crippen LogP contribution < -0.4 is 0 Å². The third kappa shape index (κ3) is 2.67. The minimum absolute atomic E-state index is 0.0530. The maximum absolute atomic E-state index is 12.1. The quantitative estimate of drug-likeness (QED) is 0.815. The summed E-state index contributed by atoms with van der Waals surface area (Å²) in [6, 6.07) is 4.35. The number of carbonyl (C=O) groups excluding carboxylic acids is 1. The maximum Gasteiger partial charge on any atom is 0.150 e. The molecule has 0 N–H and O–H groups in total. The normalized spacial score (nSPS) is 28.4. The molecule has 1 aliphatic heterocycles. The molecule has 1 saturated carbocycles. The van der Waals surface area contributed by atoms with Gasteiger partial charge in [0.15, 0.2) is 6.23 Å². The van der Waals surface area contributed by atoms with Crippen molar-refractivity contribution in [3.8, 4) is 0 Å². The van der Waals surface area contributed by atoms with Crippen LogP contribution in [0.25, 0.3) is 10.9 Å². The van der Waals surface area contributed by atoms with Gasteiger partial charge >= 0.3 is 0 Å². The lowest BCUT2D eigenvalue weighted by molar-refractivity contribution is -0.121. The molecule has 1 aromatic carbocycles. The van der Waals surface area contributed by atoms with E-state index in [0.717, 1.165) is 37.8 Å². The zero-order chi connectivity index (χ0) is 16.7. The van der Waals surface area contributed by atoms with Crippen molar-refractivity contribution in [3.05, 3.63) is 29.5 Å². The minimum Gasteiger partial charge on any atom is -0.356 e. The SMILES string of the molecule is Cc1ccc2c(cnn2C2CCCCO2)c1[C@@H]1CC(=O)CC[C@H]1C. The van der Waals surface area contributed by atoms with Crippen LogP contribution in [0.5, 0.6) is 0 Å². The molecule has 3 atom stereocenters. The number of hydrogen-bond donors (Lipinski definition) is 0. The van der Waals surface area contributed by atoms with Gasteiger partial charge in [0.05, 0.1) is 11.7 Å². The van der Waals surface area contributed by atoms with Crippen LogP contribution in [0.4, 0.5) is 0 Å². The van der Waals surface area contributed by atoms with E-state index in [2.05, 4.69) is 31.1 Å². The van der Waals surface area contributed by atoms with Crippen LogP contribution in [-0.2, 0) is 9.53 Å². The Balaban J connectivity index is 1.79. The number of hydrogen-bond acceptors (Lipinski definition) is 3. The molecule has 0 bridgehead atoms. The van der Waals surface area contributed by atoms with E-state index in [1.54, 1.807) is 0 Å². The van der Waals surface area contributed by atoms with Crippen LogP contribution in [0.15, 0.2) is 18.3 Å². The molecular formula is C20H26N2O2.